The second kappa shape index (κ2) is 7.53. The van der Waals surface area contributed by atoms with Crippen molar-refractivity contribution in [1.29, 1.82) is 0 Å². The summed E-state index contributed by atoms with van der Waals surface area (Å²) in [6.07, 6.45) is 0.208. The number of carbonyl (C=O) groups is 1. The van der Waals surface area contributed by atoms with Crippen LogP contribution in [0.5, 0.6) is 5.75 Å². The van der Waals surface area contributed by atoms with Crippen molar-refractivity contribution >= 4 is 17.5 Å². The maximum atomic E-state index is 12.4. The van der Waals surface area contributed by atoms with Crippen LogP contribution in [0, 0.1) is 6.92 Å². The van der Waals surface area contributed by atoms with Crippen molar-refractivity contribution in [2.75, 3.05) is 7.05 Å². The minimum absolute atomic E-state index is 0.0585. The van der Waals surface area contributed by atoms with E-state index in [0.717, 1.165) is 11.6 Å². The van der Waals surface area contributed by atoms with Crippen molar-refractivity contribution in [2.24, 2.45) is 0 Å². The Labute approximate surface area is 146 Å². The number of benzene rings is 1. The van der Waals surface area contributed by atoms with E-state index >= 15 is 0 Å². The molecule has 1 atom stereocenters. The number of aromatic hydroxyl groups is 1. The monoisotopic (exact) mass is 348 g/mol. The van der Waals surface area contributed by atoms with E-state index in [1.165, 1.54) is 10.6 Å². The second-order valence-electron chi connectivity index (χ2n) is 5.83. The quantitative estimate of drug-likeness (QED) is 0.903. The van der Waals surface area contributed by atoms with Crippen molar-refractivity contribution in [3.63, 3.8) is 0 Å². The van der Waals surface area contributed by atoms with E-state index in [1.54, 1.807) is 31.0 Å². The van der Waals surface area contributed by atoms with E-state index < -0.39 is 0 Å². The van der Waals surface area contributed by atoms with Gasteiger partial charge in [0.25, 0.3) is 5.56 Å². The highest BCUT2D eigenvalue weighted by atomic mass is 35.5. The van der Waals surface area contributed by atoms with Gasteiger partial charge in [0.05, 0.1) is 6.04 Å². The van der Waals surface area contributed by atoms with E-state index in [-0.39, 0.29) is 36.2 Å². The molecule has 0 unspecified atom stereocenters. The van der Waals surface area contributed by atoms with Gasteiger partial charge in [0.15, 0.2) is 0 Å². The number of aryl methyl sites for hydroxylation is 1. The first-order valence-electron chi connectivity index (χ1n) is 7.71. The standard InChI is InChI=1S/C18H21ClN2O3/c1-12-10-16(22)11-18(24)21(12)9-8-17(23)20(3)13(2)14-4-6-15(19)7-5-14/h4-7,10-11,13,22H,8-9H2,1-3H3/t13-/m0/s1. The topological polar surface area (TPSA) is 62.5 Å². The smallest absolute Gasteiger partial charge is 0.254 e. The van der Waals surface area contributed by atoms with Gasteiger partial charge in [0.2, 0.25) is 5.91 Å². The zero-order chi connectivity index (χ0) is 17.9. The minimum Gasteiger partial charge on any atom is -0.508 e. The van der Waals surface area contributed by atoms with Gasteiger partial charge >= 0.3 is 0 Å². The van der Waals surface area contributed by atoms with E-state index in [1.807, 2.05) is 19.1 Å². The molecule has 6 heteroatoms. The molecule has 1 N–H and O–H groups in total. The summed E-state index contributed by atoms with van der Waals surface area (Å²) in [5.41, 5.74) is 1.31. The highest BCUT2D eigenvalue weighted by Crippen LogP contribution is 2.21. The van der Waals surface area contributed by atoms with E-state index in [0.29, 0.717) is 10.7 Å². The van der Waals surface area contributed by atoms with Gasteiger partial charge in [-0.2, -0.15) is 0 Å². The molecular weight excluding hydrogens is 328 g/mol. The van der Waals surface area contributed by atoms with Crippen LogP contribution in [-0.2, 0) is 11.3 Å². The minimum atomic E-state index is -0.311. The molecular formula is C18H21ClN2O3. The highest BCUT2D eigenvalue weighted by Gasteiger charge is 2.17. The molecule has 1 aromatic heterocycles. The van der Waals surface area contributed by atoms with Gasteiger partial charge in [-0.3, -0.25) is 9.59 Å². The zero-order valence-corrected chi connectivity index (χ0v) is 14.7. The molecule has 0 saturated heterocycles. The average molecular weight is 349 g/mol. The van der Waals surface area contributed by atoms with Crippen LogP contribution in [-0.4, -0.2) is 27.5 Å². The third-order valence-corrected chi connectivity index (χ3v) is 4.45. The third-order valence-electron chi connectivity index (χ3n) is 4.20. The van der Waals surface area contributed by atoms with Crippen LogP contribution in [0.2, 0.25) is 5.02 Å². The summed E-state index contributed by atoms with van der Waals surface area (Å²) in [6, 6.07) is 9.95. The van der Waals surface area contributed by atoms with Crippen molar-refractivity contribution in [3.8, 4) is 5.75 Å². The number of amides is 1. The van der Waals surface area contributed by atoms with E-state index in [4.69, 9.17) is 11.6 Å². The largest absolute Gasteiger partial charge is 0.508 e. The molecule has 5 nitrogen and oxygen atoms in total. The molecule has 2 aromatic rings. The van der Waals surface area contributed by atoms with E-state index in [2.05, 4.69) is 0 Å². The normalized spacial score (nSPS) is 12.0. The van der Waals surface area contributed by atoms with Crippen LogP contribution in [0.3, 0.4) is 0 Å². The molecule has 0 fully saturated rings. The van der Waals surface area contributed by atoms with Crippen LogP contribution in [0.25, 0.3) is 0 Å². The van der Waals surface area contributed by atoms with Crippen molar-refractivity contribution in [1.82, 2.24) is 9.47 Å². The lowest BCUT2D eigenvalue weighted by Crippen LogP contribution is -2.31. The molecule has 0 aliphatic carbocycles. The number of hydrogen-bond donors (Lipinski definition) is 1. The van der Waals surface area contributed by atoms with Crippen molar-refractivity contribution in [2.45, 2.75) is 32.9 Å². The number of aromatic nitrogens is 1. The van der Waals surface area contributed by atoms with Crippen LogP contribution in [0.4, 0.5) is 0 Å². The molecule has 0 spiro atoms. The Morgan fingerprint density at radius 2 is 1.92 bits per heavy atom. The molecule has 1 aromatic carbocycles. The SMILES string of the molecule is Cc1cc(O)cc(=O)n1CCC(=O)N(C)[C@@H](C)c1ccc(Cl)cc1. The maximum absolute atomic E-state index is 12.4. The van der Waals surface area contributed by atoms with Crippen LogP contribution >= 0.6 is 11.6 Å². The predicted molar refractivity (Wildman–Crippen MR) is 94.4 cm³/mol. The third kappa shape index (κ3) is 4.17. The number of pyridine rings is 1. The van der Waals surface area contributed by atoms with Gasteiger partial charge in [0, 0.05) is 36.8 Å². The van der Waals surface area contributed by atoms with Gasteiger partial charge in [-0.1, -0.05) is 23.7 Å². The number of carbonyl (C=O) groups excluding carboxylic acids is 1. The average Bonchev–Trinajstić information content (AvgIpc) is 2.53. The maximum Gasteiger partial charge on any atom is 0.254 e. The fourth-order valence-corrected chi connectivity index (χ4v) is 2.69. The Hall–Kier alpha value is -2.27. The van der Waals surface area contributed by atoms with Gasteiger partial charge in [-0.25, -0.2) is 0 Å². The summed E-state index contributed by atoms with van der Waals surface area (Å²) in [5.74, 6) is -0.120. The summed E-state index contributed by atoms with van der Waals surface area (Å²) in [6.45, 7) is 3.95. The molecule has 0 radical (unpaired) electrons. The summed E-state index contributed by atoms with van der Waals surface area (Å²) in [7, 11) is 1.74. The van der Waals surface area contributed by atoms with Crippen LogP contribution in [0.1, 0.15) is 30.6 Å². The molecule has 24 heavy (non-hydrogen) atoms. The molecule has 1 heterocycles. The van der Waals surface area contributed by atoms with Crippen molar-refractivity contribution < 1.29 is 9.90 Å². The Kier molecular flexibility index (Phi) is 5.67. The number of nitrogens with zero attached hydrogens (tertiary/aromatic N) is 2. The van der Waals surface area contributed by atoms with Crippen LogP contribution < -0.4 is 5.56 Å². The fraction of sp³-hybridized carbons (Fsp3) is 0.333. The Balaban J connectivity index is 2.04. The Morgan fingerprint density at radius 1 is 1.29 bits per heavy atom. The lowest BCUT2D eigenvalue weighted by molar-refractivity contribution is -0.132. The summed E-state index contributed by atoms with van der Waals surface area (Å²) >= 11 is 5.89. The number of rotatable bonds is 5. The first-order valence-corrected chi connectivity index (χ1v) is 8.09. The summed E-state index contributed by atoms with van der Waals surface area (Å²) in [4.78, 5) is 26.0. The fourth-order valence-electron chi connectivity index (χ4n) is 2.56. The molecule has 0 aliphatic heterocycles. The lowest BCUT2D eigenvalue weighted by Gasteiger charge is -2.25. The Bertz CT molecular complexity index is 784. The predicted octanol–water partition coefficient (Wildman–Crippen LogP) is 3.13. The van der Waals surface area contributed by atoms with Crippen molar-refractivity contribution in [3.05, 3.63) is 63.0 Å². The molecule has 2 rings (SSSR count). The van der Waals surface area contributed by atoms with Crippen LogP contribution in [0.15, 0.2) is 41.2 Å². The first kappa shape index (κ1) is 18.1. The lowest BCUT2D eigenvalue weighted by atomic mass is 10.1. The van der Waals surface area contributed by atoms with Gasteiger partial charge in [-0.15, -0.1) is 0 Å². The van der Waals surface area contributed by atoms with Gasteiger partial charge in [0.1, 0.15) is 5.75 Å². The van der Waals surface area contributed by atoms with Gasteiger partial charge in [-0.05, 0) is 37.6 Å². The summed E-state index contributed by atoms with van der Waals surface area (Å²) < 4.78 is 1.48. The van der Waals surface area contributed by atoms with Gasteiger partial charge < -0.3 is 14.6 Å². The number of halogens is 1. The Morgan fingerprint density at radius 3 is 2.50 bits per heavy atom. The molecule has 0 bridgehead atoms. The molecule has 1 amide bonds. The molecule has 0 saturated carbocycles. The highest BCUT2D eigenvalue weighted by molar-refractivity contribution is 6.30. The molecule has 0 aliphatic rings. The zero-order valence-electron chi connectivity index (χ0n) is 14.0. The van der Waals surface area contributed by atoms with E-state index in [9.17, 15) is 14.7 Å². The molecule has 128 valence electrons. The summed E-state index contributed by atoms with van der Waals surface area (Å²) in [5, 5.41) is 10.1. The number of hydrogen-bond acceptors (Lipinski definition) is 3. The second-order valence-corrected chi connectivity index (χ2v) is 6.26. The first-order chi connectivity index (χ1) is 11.3.